The molecule has 3 rings (SSSR count). The summed E-state index contributed by atoms with van der Waals surface area (Å²) in [6.07, 6.45) is -0.198. The molecule has 1 amide bonds. The number of hydrogen-bond acceptors (Lipinski definition) is 5. The zero-order valence-electron chi connectivity index (χ0n) is 13.8. The molecule has 1 aliphatic heterocycles. The highest BCUT2D eigenvalue weighted by Crippen LogP contribution is 2.27. The number of carbonyl (C=O) groups is 1. The average Bonchev–Trinajstić information content (AvgIpc) is 2.67. The topological polar surface area (TPSA) is 84.7 Å². The van der Waals surface area contributed by atoms with Crippen molar-refractivity contribution in [2.45, 2.75) is 6.10 Å². The highest BCUT2D eigenvalue weighted by Gasteiger charge is 2.28. The predicted octanol–water partition coefficient (Wildman–Crippen LogP) is 2.85. The number of ether oxygens (including phenoxy) is 1. The Morgan fingerprint density at radius 1 is 1.28 bits per heavy atom. The quantitative estimate of drug-likeness (QED) is 0.683. The van der Waals surface area contributed by atoms with E-state index in [1.165, 1.54) is 12.1 Å². The summed E-state index contributed by atoms with van der Waals surface area (Å²) >= 11 is 0. The Hall–Kier alpha value is -2.93. The molecule has 2 aromatic carbocycles. The van der Waals surface area contributed by atoms with Gasteiger partial charge in [0.15, 0.2) is 0 Å². The van der Waals surface area contributed by atoms with E-state index in [0.29, 0.717) is 30.9 Å². The molecule has 1 N–H and O–H groups in total. The molecule has 1 atom stereocenters. The molecule has 1 saturated heterocycles. The molecule has 0 aromatic heterocycles. The van der Waals surface area contributed by atoms with Crippen LogP contribution >= 0.6 is 0 Å². The lowest BCUT2D eigenvalue weighted by Crippen LogP contribution is -2.42. The fraction of sp³-hybridized carbons (Fsp3) is 0.278. The Labute approximate surface area is 145 Å². The second kappa shape index (κ2) is 7.31. The maximum absolute atomic E-state index is 12.9. The monoisotopic (exact) mass is 341 g/mol. The van der Waals surface area contributed by atoms with Gasteiger partial charge >= 0.3 is 0 Å². The third-order valence-corrected chi connectivity index (χ3v) is 4.24. The van der Waals surface area contributed by atoms with Crippen LogP contribution in [-0.4, -0.2) is 42.5 Å². The molecule has 1 aliphatic rings. The van der Waals surface area contributed by atoms with E-state index in [4.69, 9.17) is 4.74 Å². The first kappa shape index (κ1) is 16.9. The number of non-ortho nitro benzene ring substituents is 1. The maximum atomic E-state index is 12.9. The summed E-state index contributed by atoms with van der Waals surface area (Å²) in [5.41, 5.74) is 1.77. The van der Waals surface area contributed by atoms with Crippen molar-refractivity contribution in [3.63, 3.8) is 0 Å². The SMILES string of the molecule is CNc1ccc([N+](=O)[O-])cc1C(=O)N1CCO[C@@H](c2ccccc2)C1. The normalized spacial score (nSPS) is 17.2. The molecule has 2 aromatic rings. The van der Waals surface area contributed by atoms with Gasteiger partial charge in [-0.25, -0.2) is 0 Å². The van der Waals surface area contributed by atoms with Crippen LogP contribution in [0.5, 0.6) is 0 Å². The molecular weight excluding hydrogens is 322 g/mol. The maximum Gasteiger partial charge on any atom is 0.270 e. The number of rotatable bonds is 4. The highest BCUT2D eigenvalue weighted by molar-refractivity contribution is 6.00. The van der Waals surface area contributed by atoms with Gasteiger partial charge in [-0.05, 0) is 11.6 Å². The van der Waals surface area contributed by atoms with E-state index < -0.39 is 4.92 Å². The molecule has 130 valence electrons. The second-order valence-electron chi connectivity index (χ2n) is 5.76. The van der Waals surface area contributed by atoms with E-state index in [9.17, 15) is 14.9 Å². The Balaban J connectivity index is 1.85. The zero-order valence-corrected chi connectivity index (χ0v) is 13.8. The Morgan fingerprint density at radius 3 is 2.72 bits per heavy atom. The van der Waals surface area contributed by atoms with Crippen LogP contribution in [0.25, 0.3) is 0 Å². The van der Waals surface area contributed by atoms with Crippen molar-refractivity contribution >= 4 is 17.3 Å². The molecule has 1 fully saturated rings. The standard InChI is InChI=1S/C18H19N3O4/c1-19-16-8-7-14(21(23)24)11-15(16)18(22)20-9-10-25-17(12-20)13-5-3-2-4-6-13/h2-8,11,17,19H,9-10,12H2,1H3/t17-/m1/s1. The summed E-state index contributed by atoms with van der Waals surface area (Å²) in [7, 11) is 1.68. The Morgan fingerprint density at radius 2 is 2.04 bits per heavy atom. The van der Waals surface area contributed by atoms with Gasteiger partial charge in [0.05, 0.1) is 23.6 Å². The Kier molecular flexibility index (Phi) is 4.95. The van der Waals surface area contributed by atoms with Crippen molar-refractivity contribution < 1.29 is 14.5 Å². The highest BCUT2D eigenvalue weighted by atomic mass is 16.6. The molecule has 25 heavy (non-hydrogen) atoms. The van der Waals surface area contributed by atoms with Gasteiger partial charge in [0.2, 0.25) is 0 Å². The lowest BCUT2D eigenvalue weighted by Gasteiger charge is -2.33. The minimum Gasteiger partial charge on any atom is -0.387 e. The second-order valence-corrected chi connectivity index (χ2v) is 5.76. The van der Waals surface area contributed by atoms with Crippen LogP contribution in [0, 0.1) is 10.1 Å². The van der Waals surface area contributed by atoms with Gasteiger partial charge in [0.25, 0.3) is 11.6 Å². The van der Waals surface area contributed by atoms with Crippen molar-refractivity contribution in [1.29, 1.82) is 0 Å². The van der Waals surface area contributed by atoms with E-state index in [-0.39, 0.29) is 17.7 Å². The summed E-state index contributed by atoms with van der Waals surface area (Å²) in [5, 5.41) is 14.0. The van der Waals surface area contributed by atoms with Crippen LogP contribution in [0.4, 0.5) is 11.4 Å². The largest absolute Gasteiger partial charge is 0.387 e. The molecule has 0 aliphatic carbocycles. The lowest BCUT2D eigenvalue weighted by atomic mass is 10.1. The van der Waals surface area contributed by atoms with E-state index in [2.05, 4.69) is 5.32 Å². The first-order valence-electron chi connectivity index (χ1n) is 8.02. The van der Waals surface area contributed by atoms with Gasteiger partial charge in [0, 0.05) is 31.4 Å². The number of nitro groups is 1. The lowest BCUT2D eigenvalue weighted by molar-refractivity contribution is -0.384. The van der Waals surface area contributed by atoms with Crippen LogP contribution in [0.1, 0.15) is 22.0 Å². The molecule has 0 unspecified atom stereocenters. The van der Waals surface area contributed by atoms with E-state index in [1.807, 2.05) is 30.3 Å². The average molecular weight is 341 g/mol. The number of hydrogen-bond donors (Lipinski definition) is 1. The smallest absolute Gasteiger partial charge is 0.270 e. The van der Waals surface area contributed by atoms with E-state index in [0.717, 1.165) is 5.56 Å². The number of carbonyl (C=O) groups excluding carboxylic acids is 1. The number of anilines is 1. The molecular formula is C18H19N3O4. The van der Waals surface area contributed by atoms with Gasteiger partial charge in [-0.1, -0.05) is 30.3 Å². The number of nitrogens with zero attached hydrogens (tertiary/aromatic N) is 2. The number of amides is 1. The van der Waals surface area contributed by atoms with Crippen LogP contribution in [0.2, 0.25) is 0 Å². The van der Waals surface area contributed by atoms with Crippen LogP contribution < -0.4 is 5.32 Å². The van der Waals surface area contributed by atoms with Crippen molar-refractivity contribution in [2.24, 2.45) is 0 Å². The molecule has 0 saturated carbocycles. The third-order valence-electron chi connectivity index (χ3n) is 4.24. The molecule has 0 radical (unpaired) electrons. The third kappa shape index (κ3) is 3.61. The van der Waals surface area contributed by atoms with E-state index in [1.54, 1.807) is 18.0 Å². The fourth-order valence-corrected chi connectivity index (χ4v) is 2.91. The minimum absolute atomic E-state index is 0.102. The summed E-state index contributed by atoms with van der Waals surface area (Å²) in [4.78, 5) is 25.2. The molecule has 1 heterocycles. The summed E-state index contributed by atoms with van der Waals surface area (Å²) in [6.45, 7) is 1.29. The van der Waals surface area contributed by atoms with Crippen LogP contribution in [0.15, 0.2) is 48.5 Å². The molecule has 7 heteroatoms. The fourth-order valence-electron chi connectivity index (χ4n) is 2.91. The molecule has 0 spiro atoms. The first-order valence-corrected chi connectivity index (χ1v) is 8.02. The van der Waals surface area contributed by atoms with Crippen LogP contribution in [-0.2, 0) is 4.74 Å². The summed E-state index contributed by atoms with van der Waals surface area (Å²) in [5.74, 6) is -0.239. The summed E-state index contributed by atoms with van der Waals surface area (Å²) in [6, 6.07) is 14.0. The number of benzene rings is 2. The Bertz CT molecular complexity index is 779. The number of nitrogens with one attached hydrogen (secondary N) is 1. The van der Waals surface area contributed by atoms with Gasteiger partial charge in [0.1, 0.15) is 6.10 Å². The zero-order chi connectivity index (χ0) is 17.8. The van der Waals surface area contributed by atoms with Crippen molar-refractivity contribution in [3.8, 4) is 0 Å². The van der Waals surface area contributed by atoms with E-state index >= 15 is 0 Å². The minimum atomic E-state index is -0.498. The van der Waals surface area contributed by atoms with Crippen LogP contribution in [0.3, 0.4) is 0 Å². The number of morpholine rings is 1. The van der Waals surface area contributed by atoms with Crippen molar-refractivity contribution in [1.82, 2.24) is 4.90 Å². The van der Waals surface area contributed by atoms with Crippen molar-refractivity contribution in [3.05, 3.63) is 69.8 Å². The summed E-state index contributed by atoms with van der Waals surface area (Å²) < 4.78 is 5.78. The van der Waals surface area contributed by atoms with Gasteiger partial charge < -0.3 is 15.0 Å². The number of nitro benzene ring substituents is 1. The van der Waals surface area contributed by atoms with Gasteiger partial charge in [-0.3, -0.25) is 14.9 Å². The van der Waals surface area contributed by atoms with Gasteiger partial charge in [-0.2, -0.15) is 0 Å². The van der Waals surface area contributed by atoms with Crippen molar-refractivity contribution in [2.75, 3.05) is 32.1 Å². The molecule has 7 nitrogen and oxygen atoms in total. The molecule has 0 bridgehead atoms. The van der Waals surface area contributed by atoms with Gasteiger partial charge in [-0.15, -0.1) is 0 Å². The predicted molar refractivity (Wildman–Crippen MR) is 93.7 cm³/mol. The first-order chi connectivity index (χ1) is 12.1.